The van der Waals surface area contributed by atoms with Gasteiger partial charge in [0, 0.05) is 24.3 Å². The molecular weight excluding hydrogens is 392 g/mol. The number of benzene rings is 2. The molecule has 0 spiro atoms. The molecule has 0 aromatic heterocycles. The fraction of sp³-hybridized carbons (Fsp3) is 0.417. The maximum atomic E-state index is 12.5. The van der Waals surface area contributed by atoms with Gasteiger partial charge in [0.25, 0.3) is 11.8 Å². The van der Waals surface area contributed by atoms with Crippen molar-refractivity contribution < 1.29 is 19.2 Å². The van der Waals surface area contributed by atoms with Gasteiger partial charge in [-0.3, -0.25) is 9.59 Å². The van der Waals surface area contributed by atoms with Gasteiger partial charge in [0.05, 0.1) is 39.0 Å². The second kappa shape index (κ2) is 9.83. The lowest BCUT2D eigenvalue weighted by molar-refractivity contribution is -0.892. The summed E-state index contributed by atoms with van der Waals surface area (Å²) in [7, 11) is 1.69. The van der Waals surface area contributed by atoms with Crippen molar-refractivity contribution in [1.82, 2.24) is 4.90 Å². The van der Waals surface area contributed by atoms with Gasteiger partial charge >= 0.3 is 0 Å². The van der Waals surface area contributed by atoms with E-state index in [0.29, 0.717) is 12.1 Å². The third-order valence-corrected chi connectivity index (χ3v) is 6.12. The van der Waals surface area contributed by atoms with Crippen LogP contribution in [-0.4, -0.2) is 69.6 Å². The molecule has 2 aliphatic heterocycles. The third kappa shape index (κ3) is 5.17. The van der Waals surface area contributed by atoms with Gasteiger partial charge in [0.15, 0.2) is 6.54 Å². The Balaban J connectivity index is 1.25. The number of nitrogens with zero attached hydrogens (tertiary/aromatic N) is 2. The first-order valence-electron chi connectivity index (χ1n) is 11.0. The molecule has 4 rings (SSSR count). The van der Waals surface area contributed by atoms with Crippen molar-refractivity contribution >= 4 is 23.2 Å². The van der Waals surface area contributed by atoms with Gasteiger partial charge < -0.3 is 24.8 Å². The number of rotatable bonds is 6. The van der Waals surface area contributed by atoms with Crippen LogP contribution in [0.5, 0.6) is 5.75 Å². The van der Waals surface area contributed by atoms with Crippen LogP contribution in [0, 0.1) is 0 Å². The van der Waals surface area contributed by atoms with E-state index in [1.807, 2.05) is 35.2 Å². The molecule has 7 heteroatoms. The fourth-order valence-electron chi connectivity index (χ4n) is 4.36. The molecule has 7 nitrogen and oxygen atoms in total. The highest BCUT2D eigenvalue weighted by molar-refractivity contribution is 5.96. The van der Waals surface area contributed by atoms with Gasteiger partial charge in [-0.1, -0.05) is 12.1 Å². The molecule has 2 aliphatic rings. The molecule has 2 saturated heterocycles. The van der Waals surface area contributed by atoms with Crippen molar-refractivity contribution in [3.8, 4) is 5.75 Å². The van der Waals surface area contributed by atoms with Crippen LogP contribution in [0.25, 0.3) is 0 Å². The number of likely N-dealkylation sites (tertiary alicyclic amines) is 1. The summed E-state index contributed by atoms with van der Waals surface area (Å²) in [6.07, 6.45) is 2.16. The lowest BCUT2D eigenvalue weighted by Crippen LogP contribution is -3.15. The molecule has 0 radical (unpaired) electrons. The van der Waals surface area contributed by atoms with E-state index in [4.69, 9.17) is 4.74 Å². The third-order valence-electron chi connectivity index (χ3n) is 6.12. The second-order valence-electron chi connectivity index (χ2n) is 8.21. The number of anilines is 2. The molecule has 0 aliphatic carbocycles. The molecule has 0 unspecified atom stereocenters. The number of amides is 2. The fourth-order valence-corrected chi connectivity index (χ4v) is 4.36. The van der Waals surface area contributed by atoms with Crippen LogP contribution in [0.4, 0.5) is 11.4 Å². The van der Waals surface area contributed by atoms with Crippen LogP contribution in [-0.2, 0) is 4.79 Å². The van der Waals surface area contributed by atoms with Crippen molar-refractivity contribution in [3.63, 3.8) is 0 Å². The predicted octanol–water partition coefficient (Wildman–Crippen LogP) is 1.27. The van der Waals surface area contributed by atoms with Gasteiger partial charge in [0.2, 0.25) is 0 Å². The zero-order chi connectivity index (χ0) is 21.6. The lowest BCUT2D eigenvalue weighted by Gasteiger charge is -2.34. The standard InChI is InChI=1S/C24H30N4O3/c1-31-22-7-3-2-6-21(22)27-16-14-26(15-17-27)18-23(29)25-20-10-8-19(9-11-20)24(30)28-12-4-5-13-28/h2-3,6-11H,4-5,12-18H2,1H3,(H,25,29)/p+1. The van der Waals surface area contributed by atoms with E-state index in [2.05, 4.69) is 16.3 Å². The van der Waals surface area contributed by atoms with Crippen molar-refractivity contribution in [1.29, 1.82) is 0 Å². The monoisotopic (exact) mass is 423 g/mol. The number of carbonyl (C=O) groups excluding carboxylic acids is 2. The minimum Gasteiger partial charge on any atom is -0.495 e. The summed E-state index contributed by atoms with van der Waals surface area (Å²) in [6.45, 7) is 5.68. The SMILES string of the molecule is COc1ccccc1N1CC[NH+](CC(=O)Nc2ccc(C(=O)N3CCCC3)cc2)CC1. The number of methoxy groups -OCH3 is 1. The van der Waals surface area contributed by atoms with Gasteiger partial charge in [0.1, 0.15) is 5.75 Å². The molecule has 31 heavy (non-hydrogen) atoms. The molecular formula is C24H31N4O3+. The van der Waals surface area contributed by atoms with E-state index >= 15 is 0 Å². The van der Waals surface area contributed by atoms with Gasteiger partial charge in [-0.2, -0.15) is 0 Å². The van der Waals surface area contributed by atoms with Crippen LogP contribution in [0.3, 0.4) is 0 Å². The minimum atomic E-state index is -0.000592. The highest BCUT2D eigenvalue weighted by Gasteiger charge is 2.24. The molecule has 2 N–H and O–H groups in total. The zero-order valence-electron chi connectivity index (χ0n) is 18.1. The average molecular weight is 424 g/mol. The van der Waals surface area contributed by atoms with Crippen LogP contribution in [0.1, 0.15) is 23.2 Å². The van der Waals surface area contributed by atoms with Gasteiger partial charge in [-0.05, 0) is 49.2 Å². The smallest absolute Gasteiger partial charge is 0.279 e. The number of para-hydroxylation sites is 2. The quantitative estimate of drug-likeness (QED) is 0.735. The van der Waals surface area contributed by atoms with E-state index in [-0.39, 0.29) is 11.8 Å². The summed E-state index contributed by atoms with van der Waals surface area (Å²) in [5.41, 5.74) is 2.52. The van der Waals surface area contributed by atoms with Crippen LogP contribution in [0.2, 0.25) is 0 Å². The maximum absolute atomic E-state index is 12.5. The highest BCUT2D eigenvalue weighted by atomic mass is 16.5. The predicted molar refractivity (Wildman–Crippen MR) is 121 cm³/mol. The topological polar surface area (TPSA) is 66.3 Å². The first kappa shape index (κ1) is 21.2. The molecule has 0 atom stereocenters. The van der Waals surface area contributed by atoms with Crippen molar-refractivity contribution in [2.24, 2.45) is 0 Å². The molecule has 0 saturated carbocycles. The summed E-state index contributed by atoms with van der Waals surface area (Å²) in [4.78, 5) is 30.4. The first-order valence-corrected chi connectivity index (χ1v) is 11.0. The van der Waals surface area contributed by atoms with Gasteiger partial charge in [-0.25, -0.2) is 0 Å². The average Bonchev–Trinajstić information content (AvgIpc) is 3.34. The van der Waals surface area contributed by atoms with Crippen molar-refractivity contribution in [2.75, 3.05) is 63.1 Å². The molecule has 2 amide bonds. The molecule has 2 aromatic rings. The van der Waals surface area contributed by atoms with E-state index < -0.39 is 0 Å². The Kier molecular flexibility index (Phi) is 6.72. The van der Waals surface area contributed by atoms with E-state index in [0.717, 1.165) is 69.2 Å². The summed E-state index contributed by atoms with van der Waals surface area (Å²) in [5.74, 6) is 0.961. The van der Waals surface area contributed by atoms with E-state index in [9.17, 15) is 9.59 Å². The summed E-state index contributed by atoms with van der Waals surface area (Å²) in [6, 6.07) is 15.3. The van der Waals surface area contributed by atoms with Crippen molar-refractivity contribution in [2.45, 2.75) is 12.8 Å². The molecule has 2 fully saturated rings. The Labute approximate surface area is 183 Å². The van der Waals surface area contributed by atoms with Crippen LogP contribution in [0.15, 0.2) is 48.5 Å². The van der Waals surface area contributed by atoms with E-state index in [1.54, 1.807) is 19.2 Å². The largest absolute Gasteiger partial charge is 0.495 e. The normalized spacial score (nSPS) is 16.9. The summed E-state index contributed by atoms with van der Waals surface area (Å²) in [5, 5.41) is 2.97. The Hall–Kier alpha value is -3.06. The lowest BCUT2D eigenvalue weighted by atomic mass is 10.2. The minimum absolute atomic E-state index is 0.000592. The molecule has 0 bridgehead atoms. The Bertz CT molecular complexity index is 901. The summed E-state index contributed by atoms with van der Waals surface area (Å²) >= 11 is 0. The number of ether oxygens (including phenoxy) is 1. The highest BCUT2D eigenvalue weighted by Crippen LogP contribution is 2.27. The van der Waals surface area contributed by atoms with Crippen LogP contribution >= 0.6 is 0 Å². The molecule has 2 aromatic carbocycles. The number of carbonyl (C=O) groups is 2. The molecule has 164 valence electrons. The molecule has 2 heterocycles. The Morgan fingerprint density at radius 2 is 1.65 bits per heavy atom. The number of hydrogen-bond acceptors (Lipinski definition) is 4. The number of nitrogens with one attached hydrogen (secondary N) is 2. The van der Waals surface area contributed by atoms with Gasteiger partial charge in [-0.15, -0.1) is 0 Å². The first-order chi connectivity index (χ1) is 15.1. The Morgan fingerprint density at radius 3 is 2.32 bits per heavy atom. The number of quaternary nitrogens is 1. The van der Waals surface area contributed by atoms with E-state index in [1.165, 1.54) is 4.90 Å². The van der Waals surface area contributed by atoms with Crippen LogP contribution < -0.4 is 19.9 Å². The summed E-state index contributed by atoms with van der Waals surface area (Å²) < 4.78 is 5.47. The van der Waals surface area contributed by atoms with Crippen molar-refractivity contribution in [3.05, 3.63) is 54.1 Å². The number of hydrogen-bond donors (Lipinski definition) is 2. The number of piperazine rings is 1. The zero-order valence-corrected chi connectivity index (χ0v) is 18.1. The maximum Gasteiger partial charge on any atom is 0.279 e. The Morgan fingerprint density at radius 1 is 0.968 bits per heavy atom. The second-order valence-corrected chi connectivity index (χ2v) is 8.21.